The van der Waals surface area contributed by atoms with E-state index in [9.17, 15) is 0 Å². The Kier molecular flexibility index (Phi) is 5.13. The molecule has 0 atom stereocenters. The summed E-state index contributed by atoms with van der Waals surface area (Å²) in [6, 6.07) is 50.6. The van der Waals surface area contributed by atoms with E-state index in [1.165, 1.54) is 64.0 Å². The molecule has 8 rings (SSSR count). The van der Waals surface area contributed by atoms with Crippen LogP contribution in [0.25, 0.3) is 66.1 Å². The van der Waals surface area contributed by atoms with Crippen molar-refractivity contribution in [3.8, 4) is 22.5 Å². The van der Waals surface area contributed by atoms with Crippen molar-refractivity contribution in [3.63, 3.8) is 0 Å². The number of halogens is 1. The lowest BCUT2D eigenvalue weighted by Gasteiger charge is -2.16. The molecule has 2 aromatic heterocycles. The number of fused-ring (bicyclic) bond motifs is 6. The van der Waals surface area contributed by atoms with Crippen LogP contribution in [0.15, 0.2) is 140 Å². The van der Waals surface area contributed by atoms with Crippen LogP contribution in [0.5, 0.6) is 0 Å². The molecule has 0 saturated carbocycles. The predicted octanol–water partition coefficient (Wildman–Crippen LogP) is 10.2. The molecule has 0 saturated heterocycles. The maximum Gasteiger partial charge on any atom is 0.0541 e. The van der Waals surface area contributed by atoms with Gasteiger partial charge in [-0.15, -0.1) is 0 Å². The van der Waals surface area contributed by atoms with Crippen LogP contribution >= 0.6 is 22.6 Å². The standard InChI is InChI=1S/C36H23IN2/c37-25-20-21-36(39-34-18-7-3-14-29(34)30-15-4-8-19-35(30)39)31(23-25)24-10-9-11-26(22-24)38-32-16-5-1-12-27(32)28-13-2-6-17-33(28)38/h1-23H. The summed E-state index contributed by atoms with van der Waals surface area (Å²) in [6.07, 6.45) is 0. The van der Waals surface area contributed by atoms with E-state index in [-0.39, 0.29) is 0 Å². The molecule has 184 valence electrons. The van der Waals surface area contributed by atoms with Crippen LogP contribution < -0.4 is 0 Å². The molecule has 0 aliphatic carbocycles. The van der Waals surface area contributed by atoms with Gasteiger partial charge in [-0.05, 0) is 82.8 Å². The van der Waals surface area contributed by atoms with E-state index in [1.807, 2.05) is 0 Å². The first kappa shape index (κ1) is 22.6. The number of rotatable bonds is 3. The second-order valence-electron chi connectivity index (χ2n) is 9.95. The van der Waals surface area contributed by atoms with Gasteiger partial charge < -0.3 is 9.13 Å². The fraction of sp³-hybridized carbons (Fsp3) is 0. The maximum atomic E-state index is 2.43. The van der Waals surface area contributed by atoms with Crippen LogP contribution in [0.3, 0.4) is 0 Å². The lowest BCUT2D eigenvalue weighted by atomic mass is 10.0. The topological polar surface area (TPSA) is 9.86 Å². The van der Waals surface area contributed by atoms with Gasteiger partial charge >= 0.3 is 0 Å². The first-order chi connectivity index (χ1) is 19.3. The molecule has 6 aromatic carbocycles. The SMILES string of the molecule is Ic1ccc(-n2c3ccccc3c3ccccc32)c(-c2cccc(-n3c4ccccc4c4ccccc43)c2)c1. The van der Waals surface area contributed by atoms with Gasteiger partial charge in [0.1, 0.15) is 0 Å². The van der Waals surface area contributed by atoms with Crippen molar-refractivity contribution in [3.05, 3.63) is 143 Å². The minimum atomic E-state index is 1.16. The van der Waals surface area contributed by atoms with E-state index in [0.717, 1.165) is 5.69 Å². The number of aromatic nitrogens is 2. The zero-order valence-corrected chi connectivity index (χ0v) is 23.2. The number of hydrogen-bond acceptors (Lipinski definition) is 0. The van der Waals surface area contributed by atoms with Crippen molar-refractivity contribution in [1.29, 1.82) is 0 Å². The summed E-state index contributed by atoms with van der Waals surface area (Å²) in [5.41, 5.74) is 9.66. The molecule has 0 unspecified atom stereocenters. The zero-order valence-electron chi connectivity index (χ0n) is 21.1. The van der Waals surface area contributed by atoms with Gasteiger partial charge in [0.05, 0.1) is 27.8 Å². The normalized spacial score (nSPS) is 11.7. The fourth-order valence-electron chi connectivity index (χ4n) is 6.13. The van der Waals surface area contributed by atoms with Crippen molar-refractivity contribution >= 4 is 66.2 Å². The summed E-state index contributed by atoms with van der Waals surface area (Å²) in [4.78, 5) is 0. The Morgan fingerprint density at radius 1 is 0.410 bits per heavy atom. The van der Waals surface area contributed by atoms with Crippen LogP contribution in [-0.4, -0.2) is 9.13 Å². The smallest absolute Gasteiger partial charge is 0.0541 e. The third-order valence-electron chi connectivity index (χ3n) is 7.78. The van der Waals surface area contributed by atoms with Crippen molar-refractivity contribution in [1.82, 2.24) is 9.13 Å². The van der Waals surface area contributed by atoms with Gasteiger partial charge in [-0.1, -0.05) is 84.9 Å². The lowest BCUT2D eigenvalue weighted by Crippen LogP contribution is -1.99. The second kappa shape index (κ2) is 8.85. The third kappa shape index (κ3) is 3.46. The Morgan fingerprint density at radius 2 is 0.897 bits per heavy atom. The van der Waals surface area contributed by atoms with Gasteiger partial charge in [0.15, 0.2) is 0 Å². The molecule has 0 amide bonds. The molecule has 0 aliphatic rings. The predicted molar refractivity (Wildman–Crippen MR) is 173 cm³/mol. The summed E-state index contributed by atoms with van der Waals surface area (Å²) in [6.45, 7) is 0. The Morgan fingerprint density at radius 3 is 1.44 bits per heavy atom. The summed E-state index contributed by atoms with van der Waals surface area (Å²) < 4.78 is 6.03. The second-order valence-corrected chi connectivity index (χ2v) is 11.2. The number of nitrogens with zero attached hydrogens (tertiary/aromatic N) is 2. The average molecular weight is 610 g/mol. The Bertz CT molecular complexity index is 2090. The summed E-state index contributed by atoms with van der Waals surface area (Å²) in [5.74, 6) is 0. The third-order valence-corrected chi connectivity index (χ3v) is 8.45. The van der Waals surface area contributed by atoms with Gasteiger partial charge in [0.25, 0.3) is 0 Å². The van der Waals surface area contributed by atoms with Crippen molar-refractivity contribution in [2.45, 2.75) is 0 Å². The molecule has 2 nitrogen and oxygen atoms in total. The highest BCUT2D eigenvalue weighted by atomic mass is 127. The molecule has 0 aliphatic heterocycles. The number of benzene rings is 6. The van der Waals surface area contributed by atoms with E-state index in [2.05, 4.69) is 171 Å². The van der Waals surface area contributed by atoms with Gasteiger partial charge in [-0.3, -0.25) is 0 Å². The zero-order chi connectivity index (χ0) is 25.9. The first-order valence-electron chi connectivity index (χ1n) is 13.1. The quantitative estimate of drug-likeness (QED) is 0.176. The summed E-state index contributed by atoms with van der Waals surface area (Å²) in [5, 5.41) is 5.10. The minimum absolute atomic E-state index is 1.16. The van der Waals surface area contributed by atoms with E-state index in [4.69, 9.17) is 0 Å². The largest absolute Gasteiger partial charge is 0.309 e. The van der Waals surface area contributed by atoms with Crippen LogP contribution in [0.4, 0.5) is 0 Å². The molecular formula is C36H23IN2. The molecule has 0 N–H and O–H groups in total. The maximum absolute atomic E-state index is 2.43. The highest BCUT2D eigenvalue weighted by Gasteiger charge is 2.17. The average Bonchev–Trinajstić information content (AvgIpc) is 3.51. The molecule has 0 spiro atoms. The van der Waals surface area contributed by atoms with E-state index < -0.39 is 0 Å². The van der Waals surface area contributed by atoms with Gasteiger partial charge in [-0.2, -0.15) is 0 Å². The van der Waals surface area contributed by atoms with Crippen molar-refractivity contribution in [2.24, 2.45) is 0 Å². The Hall–Kier alpha value is -4.35. The fourth-order valence-corrected chi connectivity index (χ4v) is 6.62. The molecular weight excluding hydrogens is 587 g/mol. The van der Waals surface area contributed by atoms with Crippen LogP contribution in [0.1, 0.15) is 0 Å². The van der Waals surface area contributed by atoms with Crippen LogP contribution in [0, 0.1) is 3.57 Å². The molecule has 0 radical (unpaired) electrons. The summed E-state index contributed by atoms with van der Waals surface area (Å²) >= 11 is 2.43. The molecule has 3 heteroatoms. The molecule has 0 fully saturated rings. The molecule has 2 heterocycles. The lowest BCUT2D eigenvalue weighted by molar-refractivity contribution is 1.17. The number of hydrogen-bond donors (Lipinski definition) is 0. The summed E-state index contributed by atoms with van der Waals surface area (Å²) in [7, 11) is 0. The number of para-hydroxylation sites is 4. The Labute approximate surface area is 239 Å². The van der Waals surface area contributed by atoms with Gasteiger partial charge in [-0.25, -0.2) is 0 Å². The molecule has 8 aromatic rings. The van der Waals surface area contributed by atoms with E-state index in [1.54, 1.807) is 0 Å². The van der Waals surface area contributed by atoms with E-state index >= 15 is 0 Å². The molecule has 0 bridgehead atoms. The van der Waals surface area contributed by atoms with Crippen LogP contribution in [-0.2, 0) is 0 Å². The van der Waals surface area contributed by atoms with Gasteiger partial charge in [0, 0.05) is 36.4 Å². The van der Waals surface area contributed by atoms with Crippen molar-refractivity contribution < 1.29 is 0 Å². The minimum Gasteiger partial charge on any atom is -0.309 e. The van der Waals surface area contributed by atoms with Crippen molar-refractivity contribution in [2.75, 3.05) is 0 Å². The Balaban J connectivity index is 1.40. The monoisotopic (exact) mass is 610 g/mol. The highest BCUT2D eigenvalue weighted by molar-refractivity contribution is 14.1. The van der Waals surface area contributed by atoms with E-state index in [0.29, 0.717) is 0 Å². The highest BCUT2D eigenvalue weighted by Crippen LogP contribution is 2.38. The first-order valence-corrected chi connectivity index (χ1v) is 14.2. The van der Waals surface area contributed by atoms with Gasteiger partial charge in [0.2, 0.25) is 0 Å². The van der Waals surface area contributed by atoms with Crippen LogP contribution in [0.2, 0.25) is 0 Å². The molecule has 39 heavy (non-hydrogen) atoms.